The monoisotopic (exact) mass is 248 g/mol. The largest absolute Gasteiger partial charge is 0.316 e. The Labute approximate surface area is 94.1 Å². The van der Waals surface area contributed by atoms with Crippen molar-refractivity contribution in [2.45, 2.75) is 17.9 Å². The second-order valence-electron chi connectivity index (χ2n) is 3.78. The van der Waals surface area contributed by atoms with Crippen molar-refractivity contribution in [1.29, 1.82) is 0 Å². The van der Waals surface area contributed by atoms with E-state index in [1.54, 1.807) is 0 Å². The quantitative estimate of drug-likeness (QED) is 0.646. The SMILES string of the molecule is NC1(c2ccc(Cl)c([N+](=O)[O-])c2)CC1(F)F. The maximum absolute atomic E-state index is 13.0. The van der Waals surface area contributed by atoms with Crippen molar-refractivity contribution in [3.8, 4) is 0 Å². The molecule has 1 unspecified atom stereocenters. The molecule has 0 spiro atoms. The van der Waals surface area contributed by atoms with E-state index in [9.17, 15) is 18.9 Å². The van der Waals surface area contributed by atoms with Crippen LogP contribution in [0.1, 0.15) is 12.0 Å². The summed E-state index contributed by atoms with van der Waals surface area (Å²) in [4.78, 5) is 9.85. The summed E-state index contributed by atoms with van der Waals surface area (Å²) in [5.41, 5.74) is 3.29. The Kier molecular flexibility index (Phi) is 2.18. The second-order valence-corrected chi connectivity index (χ2v) is 4.18. The number of nitrogens with zero attached hydrogens (tertiary/aromatic N) is 1. The minimum absolute atomic E-state index is 0.0357. The van der Waals surface area contributed by atoms with E-state index in [0.29, 0.717) is 0 Å². The lowest BCUT2D eigenvalue weighted by molar-refractivity contribution is -0.384. The van der Waals surface area contributed by atoms with Gasteiger partial charge in [0.25, 0.3) is 11.6 Å². The summed E-state index contributed by atoms with van der Waals surface area (Å²) < 4.78 is 25.9. The molecule has 1 atom stereocenters. The summed E-state index contributed by atoms with van der Waals surface area (Å²) in [5.74, 6) is -3.01. The molecule has 7 heteroatoms. The molecular formula is C9H7ClF2N2O2. The molecule has 16 heavy (non-hydrogen) atoms. The number of nitro groups is 1. The van der Waals surface area contributed by atoms with Gasteiger partial charge >= 0.3 is 0 Å². The lowest BCUT2D eigenvalue weighted by atomic mass is 10.0. The van der Waals surface area contributed by atoms with Crippen molar-refractivity contribution in [1.82, 2.24) is 0 Å². The van der Waals surface area contributed by atoms with Crippen LogP contribution in [0.25, 0.3) is 0 Å². The molecule has 0 heterocycles. The number of hydrogen-bond donors (Lipinski definition) is 1. The Morgan fingerprint density at radius 3 is 2.50 bits per heavy atom. The number of hydrogen-bond acceptors (Lipinski definition) is 3. The third-order valence-electron chi connectivity index (χ3n) is 2.69. The smallest absolute Gasteiger partial charge is 0.288 e. The van der Waals surface area contributed by atoms with Crippen LogP contribution in [0, 0.1) is 10.1 Å². The molecule has 0 amide bonds. The normalized spacial score (nSPS) is 26.5. The van der Waals surface area contributed by atoms with Crippen LogP contribution in [-0.2, 0) is 5.54 Å². The second kappa shape index (κ2) is 3.11. The molecule has 0 saturated heterocycles. The maximum atomic E-state index is 13.0. The lowest BCUT2D eigenvalue weighted by Crippen LogP contribution is -2.27. The van der Waals surface area contributed by atoms with E-state index in [4.69, 9.17) is 17.3 Å². The number of rotatable bonds is 2. The third-order valence-corrected chi connectivity index (χ3v) is 3.01. The zero-order chi connectivity index (χ0) is 12.1. The van der Waals surface area contributed by atoms with Gasteiger partial charge in [0.05, 0.1) is 4.92 Å². The molecule has 2 N–H and O–H groups in total. The molecule has 0 bridgehead atoms. The van der Waals surface area contributed by atoms with E-state index in [-0.39, 0.29) is 10.6 Å². The first-order valence-electron chi connectivity index (χ1n) is 4.39. The van der Waals surface area contributed by atoms with Gasteiger partial charge < -0.3 is 5.73 Å². The number of nitro benzene ring substituents is 1. The molecule has 0 radical (unpaired) electrons. The van der Waals surface area contributed by atoms with Crippen LogP contribution >= 0.6 is 11.6 Å². The third kappa shape index (κ3) is 1.45. The zero-order valence-electron chi connectivity index (χ0n) is 7.91. The van der Waals surface area contributed by atoms with E-state index < -0.39 is 28.5 Å². The van der Waals surface area contributed by atoms with Crippen LogP contribution in [0.2, 0.25) is 5.02 Å². The number of benzene rings is 1. The number of alkyl halides is 2. The van der Waals surface area contributed by atoms with Crippen LogP contribution in [0.4, 0.5) is 14.5 Å². The van der Waals surface area contributed by atoms with Crippen molar-refractivity contribution >= 4 is 17.3 Å². The van der Waals surface area contributed by atoms with Crippen LogP contribution < -0.4 is 5.73 Å². The Hall–Kier alpha value is -1.27. The van der Waals surface area contributed by atoms with Gasteiger partial charge in [0, 0.05) is 12.5 Å². The summed E-state index contributed by atoms with van der Waals surface area (Å²) in [6, 6.07) is 3.50. The molecule has 86 valence electrons. The summed E-state index contributed by atoms with van der Waals surface area (Å²) in [5, 5.41) is 10.5. The number of nitrogens with two attached hydrogens (primary N) is 1. The van der Waals surface area contributed by atoms with Gasteiger partial charge in [-0.15, -0.1) is 0 Å². The highest BCUT2D eigenvalue weighted by molar-refractivity contribution is 6.32. The molecule has 1 saturated carbocycles. The predicted octanol–water partition coefficient (Wildman–Crippen LogP) is 2.44. The molecule has 0 aliphatic heterocycles. The van der Waals surface area contributed by atoms with Gasteiger partial charge in [-0.3, -0.25) is 10.1 Å². The van der Waals surface area contributed by atoms with Crippen molar-refractivity contribution in [3.63, 3.8) is 0 Å². The van der Waals surface area contributed by atoms with Crippen LogP contribution in [0.5, 0.6) is 0 Å². The molecule has 0 aromatic heterocycles. The van der Waals surface area contributed by atoms with E-state index in [1.807, 2.05) is 0 Å². The minimum Gasteiger partial charge on any atom is -0.316 e. The van der Waals surface area contributed by atoms with Gasteiger partial charge in [0.1, 0.15) is 10.6 Å². The van der Waals surface area contributed by atoms with Gasteiger partial charge in [0.2, 0.25) is 0 Å². The summed E-state index contributed by atoms with van der Waals surface area (Å²) in [6.45, 7) is 0. The molecule has 4 nitrogen and oxygen atoms in total. The highest BCUT2D eigenvalue weighted by Gasteiger charge is 2.70. The first-order chi connectivity index (χ1) is 7.28. The predicted molar refractivity (Wildman–Crippen MR) is 53.5 cm³/mol. The Morgan fingerprint density at radius 2 is 2.06 bits per heavy atom. The standard InChI is InChI=1S/C9H7ClF2N2O2/c10-6-2-1-5(3-7(6)14(15)16)8(13)4-9(8,11)12/h1-3H,4,13H2. The lowest BCUT2D eigenvalue weighted by Gasteiger charge is -2.10. The summed E-state index contributed by atoms with van der Waals surface area (Å²) in [6.07, 6.45) is -0.501. The summed E-state index contributed by atoms with van der Waals surface area (Å²) in [7, 11) is 0. The first kappa shape index (κ1) is 11.2. The molecule has 2 rings (SSSR count). The fraction of sp³-hybridized carbons (Fsp3) is 0.333. The number of halogens is 3. The van der Waals surface area contributed by atoms with E-state index in [0.717, 1.165) is 6.07 Å². The van der Waals surface area contributed by atoms with Crippen LogP contribution in [0.3, 0.4) is 0 Å². The van der Waals surface area contributed by atoms with Crippen molar-refractivity contribution < 1.29 is 13.7 Å². The van der Waals surface area contributed by atoms with Crippen molar-refractivity contribution in [2.75, 3.05) is 0 Å². The molecular weight excluding hydrogens is 242 g/mol. The Morgan fingerprint density at radius 1 is 1.50 bits per heavy atom. The minimum atomic E-state index is -3.01. The average Bonchev–Trinajstić information content (AvgIpc) is 2.67. The topological polar surface area (TPSA) is 69.2 Å². The average molecular weight is 249 g/mol. The van der Waals surface area contributed by atoms with E-state index in [1.165, 1.54) is 12.1 Å². The molecule has 1 aliphatic rings. The molecule has 1 aromatic rings. The zero-order valence-corrected chi connectivity index (χ0v) is 8.67. The van der Waals surface area contributed by atoms with Gasteiger partial charge in [-0.25, -0.2) is 8.78 Å². The van der Waals surface area contributed by atoms with Crippen LogP contribution in [-0.4, -0.2) is 10.8 Å². The molecule has 1 fully saturated rings. The molecule has 1 aromatic carbocycles. The van der Waals surface area contributed by atoms with E-state index in [2.05, 4.69) is 0 Å². The van der Waals surface area contributed by atoms with Crippen molar-refractivity contribution in [2.24, 2.45) is 5.73 Å². The highest BCUT2D eigenvalue weighted by Crippen LogP contribution is 2.57. The summed E-state index contributed by atoms with van der Waals surface area (Å²) >= 11 is 5.56. The fourth-order valence-corrected chi connectivity index (χ4v) is 1.74. The highest BCUT2D eigenvalue weighted by atomic mass is 35.5. The Bertz CT molecular complexity index is 481. The van der Waals surface area contributed by atoms with Crippen LogP contribution in [0.15, 0.2) is 18.2 Å². The maximum Gasteiger partial charge on any atom is 0.288 e. The fourth-order valence-electron chi connectivity index (χ4n) is 1.55. The Balaban J connectivity index is 2.46. The van der Waals surface area contributed by atoms with Gasteiger partial charge in [-0.2, -0.15) is 0 Å². The van der Waals surface area contributed by atoms with Gasteiger partial charge in [0.15, 0.2) is 0 Å². The first-order valence-corrected chi connectivity index (χ1v) is 4.77. The van der Waals surface area contributed by atoms with Gasteiger partial charge in [-0.1, -0.05) is 17.7 Å². The van der Waals surface area contributed by atoms with Gasteiger partial charge in [-0.05, 0) is 11.6 Å². The molecule has 1 aliphatic carbocycles. The van der Waals surface area contributed by atoms with Crippen molar-refractivity contribution in [3.05, 3.63) is 38.9 Å². The van der Waals surface area contributed by atoms with E-state index >= 15 is 0 Å².